The Bertz CT molecular complexity index is 919. The first-order valence-electron chi connectivity index (χ1n) is 6.67. The molecule has 118 valence electrons. The second-order valence-electron chi connectivity index (χ2n) is 4.74. The number of rotatable bonds is 4. The third-order valence-electron chi connectivity index (χ3n) is 3.11. The smallest absolute Gasteiger partial charge is 0.271 e. The summed E-state index contributed by atoms with van der Waals surface area (Å²) in [6, 6.07) is 9.17. The Labute approximate surface area is 148 Å². The van der Waals surface area contributed by atoms with Crippen molar-refractivity contribution in [1.29, 1.82) is 0 Å². The van der Waals surface area contributed by atoms with E-state index in [9.17, 15) is 9.59 Å². The zero-order valence-electron chi connectivity index (χ0n) is 12.1. The summed E-state index contributed by atoms with van der Waals surface area (Å²) >= 11 is 5.97. The molecule has 1 N–H and O–H groups in total. The highest BCUT2D eigenvalue weighted by molar-refractivity contribution is 9.10. The quantitative estimate of drug-likeness (QED) is 0.528. The van der Waals surface area contributed by atoms with Gasteiger partial charge in [-0.1, -0.05) is 27.7 Å². The Balaban J connectivity index is 1.70. The molecule has 3 rings (SSSR count). The van der Waals surface area contributed by atoms with Crippen LogP contribution in [0.5, 0.6) is 0 Å². The molecule has 0 fully saturated rings. The molecule has 0 spiro atoms. The van der Waals surface area contributed by atoms with Crippen molar-refractivity contribution in [2.45, 2.75) is 5.16 Å². The van der Waals surface area contributed by atoms with Gasteiger partial charge in [0, 0.05) is 17.2 Å². The first-order chi connectivity index (χ1) is 11.0. The summed E-state index contributed by atoms with van der Waals surface area (Å²) in [7, 11) is 1.67. The molecule has 0 aliphatic carbocycles. The molecule has 8 heteroatoms. The molecule has 0 atom stereocenters. The van der Waals surface area contributed by atoms with Crippen LogP contribution in [-0.4, -0.2) is 21.2 Å². The Morgan fingerprint density at radius 3 is 2.83 bits per heavy atom. The van der Waals surface area contributed by atoms with Gasteiger partial charge in [0.2, 0.25) is 5.91 Å². The summed E-state index contributed by atoms with van der Waals surface area (Å²) in [6.07, 6.45) is 0. The third-order valence-corrected chi connectivity index (χ3v) is 5.56. The lowest BCUT2D eigenvalue weighted by molar-refractivity contribution is -0.113. The highest BCUT2D eigenvalue weighted by Gasteiger charge is 2.11. The van der Waals surface area contributed by atoms with Crippen LogP contribution >= 0.6 is 39.0 Å². The van der Waals surface area contributed by atoms with E-state index in [1.54, 1.807) is 7.05 Å². The Kier molecular flexibility index (Phi) is 4.84. The maximum absolute atomic E-state index is 12.2. The van der Waals surface area contributed by atoms with E-state index in [1.165, 1.54) is 27.7 Å². The summed E-state index contributed by atoms with van der Waals surface area (Å²) < 4.78 is 3.07. The van der Waals surface area contributed by atoms with Gasteiger partial charge in [-0.25, -0.2) is 4.98 Å². The second kappa shape index (κ2) is 6.86. The number of hydrogen-bond donors (Lipinski definition) is 1. The van der Waals surface area contributed by atoms with Gasteiger partial charge >= 0.3 is 0 Å². The molecule has 2 aromatic heterocycles. The first kappa shape index (κ1) is 16.2. The topological polar surface area (TPSA) is 64.0 Å². The molecule has 0 unspecified atom stereocenters. The molecule has 1 amide bonds. The van der Waals surface area contributed by atoms with Crippen molar-refractivity contribution >= 4 is 60.8 Å². The molecule has 2 heterocycles. The Morgan fingerprint density at radius 2 is 2.09 bits per heavy atom. The van der Waals surface area contributed by atoms with Gasteiger partial charge in [-0.05, 0) is 35.7 Å². The Hall–Kier alpha value is -1.64. The zero-order chi connectivity index (χ0) is 16.4. The number of hydrogen-bond acceptors (Lipinski definition) is 5. The molecule has 5 nitrogen and oxygen atoms in total. The van der Waals surface area contributed by atoms with Crippen LogP contribution in [0.3, 0.4) is 0 Å². The number of benzene rings is 1. The molecule has 0 saturated heterocycles. The fraction of sp³-hybridized carbons (Fsp3) is 0.133. The number of nitrogens with one attached hydrogen (secondary N) is 1. The zero-order valence-corrected chi connectivity index (χ0v) is 15.3. The molecule has 0 aliphatic rings. The van der Waals surface area contributed by atoms with Crippen LogP contribution in [0, 0.1) is 0 Å². The number of nitrogens with zero attached hydrogens (tertiary/aromatic N) is 2. The lowest BCUT2D eigenvalue weighted by atomic mass is 10.3. The number of fused-ring (bicyclic) bond motifs is 1. The predicted molar refractivity (Wildman–Crippen MR) is 98.4 cm³/mol. The van der Waals surface area contributed by atoms with E-state index in [0.29, 0.717) is 15.4 Å². The van der Waals surface area contributed by atoms with E-state index < -0.39 is 0 Å². The van der Waals surface area contributed by atoms with Crippen molar-refractivity contribution in [3.63, 3.8) is 0 Å². The van der Waals surface area contributed by atoms with E-state index in [-0.39, 0.29) is 17.2 Å². The van der Waals surface area contributed by atoms with Crippen molar-refractivity contribution in [3.8, 4) is 0 Å². The van der Waals surface area contributed by atoms with Crippen LogP contribution in [0.1, 0.15) is 0 Å². The number of thioether (sulfide) groups is 1. The van der Waals surface area contributed by atoms with Gasteiger partial charge in [0.25, 0.3) is 5.56 Å². The van der Waals surface area contributed by atoms with Crippen molar-refractivity contribution < 1.29 is 4.79 Å². The van der Waals surface area contributed by atoms with Crippen molar-refractivity contribution in [3.05, 3.63) is 50.5 Å². The first-order valence-corrected chi connectivity index (χ1v) is 9.33. The van der Waals surface area contributed by atoms with Gasteiger partial charge in [0.15, 0.2) is 5.16 Å². The monoisotopic (exact) mass is 409 g/mol. The van der Waals surface area contributed by atoms with Gasteiger partial charge in [-0.3, -0.25) is 14.2 Å². The lowest BCUT2D eigenvalue weighted by Crippen LogP contribution is -2.20. The molecule has 1 aromatic carbocycles. The molecular formula is C15H12BrN3O2S2. The number of carbonyl (C=O) groups excluding carboxylic acids is 1. The molecule has 0 aliphatic heterocycles. The van der Waals surface area contributed by atoms with Crippen molar-refractivity contribution in [2.24, 2.45) is 7.05 Å². The van der Waals surface area contributed by atoms with Crippen molar-refractivity contribution in [2.75, 3.05) is 11.1 Å². The van der Waals surface area contributed by atoms with Gasteiger partial charge in [-0.15, -0.1) is 11.3 Å². The van der Waals surface area contributed by atoms with Crippen LogP contribution in [0.2, 0.25) is 0 Å². The third kappa shape index (κ3) is 3.65. The lowest BCUT2D eigenvalue weighted by Gasteiger charge is -2.08. The Morgan fingerprint density at radius 1 is 1.35 bits per heavy atom. The number of amides is 1. The minimum Gasteiger partial charge on any atom is -0.325 e. The molecule has 0 radical (unpaired) electrons. The van der Waals surface area contributed by atoms with Crippen LogP contribution in [0.4, 0.5) is 5.69 Å². The number of halogens is 1. The van der Waals surface area contributed by atoms with Gasteiger partial charge in [0.1, 0.15) is 4.70 Å². The number of anilines is 1. The van der Waals surface area contributed by atoms with Gasteiger partial charge < -0.3 is 5.32 Å². The summed E-state index contributed by atoms with van der Waals surface area (Å²) in [5.41, 5.74) is 1.32. The largest absolute Gasteiger partial charge is 0.325 e. The van der Waals surface area contributed by atoms with Crippen LogP contribution < -0.4 is 10.9 Å². The minimum atomic E-state index is -0.142. The normalized spacial score (nSPS) is 10.9. The fourth-order valence-electron chi connectivity index (χ4n) is 1.96. The van der Waals surface area contributed by atoms with E-state index in [0.717, 1.165) is 10.2 Å². The maximum Gasteiger partial charge on any atom is 0.271 e. The predicted octanol–water partition coefficient (Wildman–Crippen LogP) is 3.49. The average molecular weight is 410 g/mol. The molecule has 23 heavy (non-hydrogen) atoms. The number of thiophene rings is 1. The van der Waals surface area contributed by atoms with E-state index in [4.69, 9.17) is 0 Å². The molecule has 0 saturated carbocycles. The summed E-state index contributed by atoms with van der Waals surface area (Å²) in [5.74, 6) is 0.0448. The van der Waals surface area contributed by atoms with E-state index >= 15 is 0 Å². The number of aromatic nitrogens is 2. The summed E-state index contributed by atoms with van der Waals surface area (Å²) in [4.78, 5) is 28.7. The summed E-state index contributed by atoms with van der Waals surface area (Å²) in [5, 5.41) is 5.19. The van der Waals surface area contributed by atoms with Gasteiger partial charge in [-0.2, -0.15) is 0 Å². The highest BCUT2D eigenvalue weighted by Crippen LogP contribution is 2.20. The molecule has 3 aromatic rings. The van der Waals surface area contributed by atoms with Crippen LogP contribution in [-0.2, 0) is 11.8 Å². The highest BCUT2D eigenvalue weighted by atomic mass is 79.9. The maximum atomic E-state index is 12.2. The fourth-order valence-corrected chi connectivity index (χ4v) is 3.80. The standard InChI is InChI=1S/C15H12BrN3O2S2/c1-19-14(21)13-11(6-7-22-13)18-15(19)23-8-12(20)17-10-4-2-9(16)3-5-10/h2-7H,8H2,1H3,(H,17,20). The van der Waals surface area contributed by atoms with Crippen molar-refractivity contribution in [1.82, 2.24) is 9.55 Å². The minimum absolute atomic E-state index is 0.0826. The van der Waals surface area contributed by atoms with Crippen LogP contribution in [0.15, 0.2) is 50.1 Å². The number of carbonyl (C=O) groups is 1. The average Bonchev–Trinajstić information content (AvgIpc) is 3.00. The van der Waals surface area contributed by atoms with Gasteiger partial charge in [0.05, 0.1) is 11.3 Å². The summed E-state index contributed by atoms with van der Waals surface area (Å²) in [6.45, 7) is 0. The van der Waals surface area contributed by atoms with E-state index in [2.05, 4.69) is 26.2 Å². The SMILES string of the molecule is Cn1c(SCC(=O)Nc2ccc(Br)cc2)nc2ccsc2c1=O. The molecular weight excluding hydrogens is 398 g/mol. The molecule has 0 bridgehead atoms. The van der Waals surface area contributed by atoms with E-state index in [1.807, 2.05) is 35.7 Å². The second-order valence-corrected chi connectivity index (χ2v) is 7.51. The van der Waals surface area contributed by atoms with Crippen LogP contribution in [0.25, 0.3) is 10.2 Å².